The molecule has 9 heteroatoms. The average molecular weight is 361 g/mol. The quantitative estimate of drug-likeness (QED) is 0.777. The van der Waals surface area contributed by atoms with Gasteiger partial charge in [0.1, 0.15) is 18.0 Å². The number of carbonyl (C=O) groups is 1. The van der Waals surface area contributed by atoms with Crippen LogP contribution in [0, 0.1) is 5.82 Å². The Morgan fingerprint density at radius 1 is 1.32 bits per heavy atom. The summed E-state index contributed by atoms with van der Waals surface area (Å²) >= 11 is 1.23. The zero-order valence-electron chi connectivity index (χ0n) is 12.9. The number of thiazole rings is 1. The SMILES string of the molecule is O=C(Nc1nccs1)C1(F)CCN(c2ncnc3cc(F)ccc23)C1. The predicted octanol–water partition coefficient (Wildman–Crippen LogP) is 2.78. The number of carbonyl (C=O) groups excluding carboxylic acids is 1. The van der Waals surface area contributed by atoms with E-state index in [-0.39, 0.29) is 13.0 Å². The molecule has 1 unspecified atom stereocenters. The Labute approximate surface area is 145 Å². The maximum absolute atomic E-state index is 15.1. The van der Waals surface area contributed by atoms with Crippen LogP contribution < -0.4 is 10.2 Å². The molecular formula is C16H13F2N5OS. The molecule has 0 bridgehead atoms. The van der Waals surface area contributed by atoms with Gasteiger partial charge in [-0.2, -0.15) is 0 Å². The number of halogens is 2. The van der Waals surface area contributed by atoms with Crippen molar-refractivity contribution >= 4 is 39.1 Å². The molecule has 0 aliphatic carbocycles. The minimum Gasteiger partial charge on any atom is -0.352 e. The second-order valence-corrected chi connectivity index (χ2v) is 6.68. The molecule has 4 rings (SSSR count). The van der Waals surface area contributed by atoms with E-state index >= 15 is 4.39 Å². The third-order valence-electron chi connectivity index (χ3n) is 4.16. The summed E-state index contributed by atoms with van der Waals surface area (Å²) in [4.78, 5) is 26.2. The highest BCUT2D eigenvalue weighted by atomic mass is 32.1. The molecule has 0 radical (unpaired) electrons. The fraction of sp³-hybridized carbons (Fsp3) is 0.250. The molecule has 0 spiro atoms. The van der Waals surface area contributed by atoms with E-state index in [2.05, 4.69) is 20.3 Å². The molecular weight excluding hydrogens is 348 g/mol. The Morgan fingerprint density at radius 3 is 3.00 bits per heavy atom. The van der Waals surface area contributed by atoms with Crippen molar-refractivity contribution < 1.29 is 13.6 Å². The molecule has 25 heavy (non-hydrogen) atoms. The topological polar surface area (TPSA) is 71.0 Å². The molecule has 1 fully saturated rings. The third-order valence-corrected chi connectivity index (χ3v) is 4.84. The summed E-state index contributed by atoms with van der Waals surface area (Å²) in [5.41, 5.74) is -1.60. The Morgan fingerprint density at radius 2 is 2.20 bits per heavy atom. The molecule has 1 aliphatic rings. The fourth-order valence-corrected chi connectivity index (χ4v) is 3.43. The first kappa shape index (κ1) is 15.8. The number of aromatic nitrogens is 3. The smallest absolute Gasteiger partial charge is 0.265 e. The van der Waals surface area contributed by atoms with Crippen LogP contribution >= 0.6 is 11.3 Å². The van der Waals surface area contributed by atoms with E-state index in [9.17, 15) is 9.18 Å². The van der Waals surface area contributed by atoms with Crippen molar-refractivity contribution in [1.82, 2.24) is 15.0 Å². The van der Waals surface area contributed by atoms with Gasteiger partial charge in [0.2, 0.25) is 5.67 Å². The molecule has 6 nitrogen and oxygen atoms in total. The normalized spacial score (nSPS) is 20.2. The number of hydrogen-bond acceptors (Lipinski definition) is 6. The van der Waals surface area contributed by atoms with E-state index in [0.717, 1.165) is 0 Å². The summed E-state index contributed by atoms with van der Waals surface area (Å²) in [5.74, 6) is -0.623. The number of hydrogen-bond donors (Lipinski definition) is 1. The summed E-state index contributed by atoms with van der Waals surface area (Å²) in [6, 6.07) is 4.17. The predicted molar refractivity (Wildman–Crippen MR) is 90.9 cm³/mol. The van der Waals surface area contributed by atoms with Crippen molar-refractivity contribution in [3.8, 4) is 0 Å². The molecule has 1 aromatic carbocycles. The van der Waals surface area contributed by atoms with E-state index < -0.39 is 17.4 Å². The van der Waals surface area contributed by atoms with E-state index in [4.69, 9.17) is 0 Å². The second-order valence-electron chi connectivity index (χ2n) is 5.79. The standard InChI is InChI=1S/C16H13F2N5OS/c17-10-1-2-11-12(7-10)20-9-21-13(11)23-5-3-16(18,8-23)14(24)22-15-19-4-6-25-15/h1-2,4,6-7,9H,3,5,8H2,(H,19,22,24). The summed E-state index contributed by atoms with van der Waals surface area (Å²) in [7, 11) is 0. The van der Waals surface area contributed by atoms with E-state index in [1.54, 1.807) is 16.3 Å². The van der Waals surface area contributed by atoms with Gasteiger partial charge in [-0.3, -0.25) is 10.1 Å². The highest BCUT2D eigenvalue weighted by Crippen LogP contribution is 2.33. The molecule has 1 N–H and O–H groups in total. The lowest BCUT2D eigenvalue weighted by Crippen LogP contribution is -2.41. The average Bonchev–Trinajstić information content (AvgIpc) is 3.24. The van der Waals surface area contributed by atoms with Gasteiger partial charge < -0.3 is 4.90 Å². The number of nitrogens with one attached hydrogen (secondary N) is 1. The minimum absolute atomic E-state index is 0.0386. The molecule has 1 atom stereocenters. The summed E-state index contributed by atoms with van der Waals surface area (Å²) in [6.07, 6.45) is 2.89. The molecule has 1 amide bonds. The molecule has 1 saturated heterocycles. The highest BCUT2D eigenvalue weighted by Gasteiger charge is 2.46. The summed E-state index contributed by atoms with van der Waals surface area (Å²) in [6.45, 7) is 0.193. The van der Waals surface area contributed by atoms with Crippen molar-refractivity contribution in [1.29, 1.82) is 0 Å². The molecule has 3 heterocycles. The zero-order valence-corrected chi connectivity index (χ0v) is 13.8. The van der Waals surface area contributed by atoms with Crippen LogP contribution in [-0.2, 0) is 4.79 Å². The second kappa shape index (κ2) is 5.99. The van der Waals surface area contributed by atoms with Gasteiger partial charge >= 0.3 is 0 Å². The van der Waals surface area contributed by atoms with Crippen LogP contribution in [-0.4, -0.2) is 39.6 Å². The first-order valence-electron chi connectivity index (χ1n) is 7.60. The Hall–Kier alpha value is -2.68. The van der Waals surface area contributed by atoms with Gasteiger partial charge in [-0.15, -0.1) is 11.3 Å². The Kier molecular flexibility index (Phi) is 3.79. The molecule has 3 aromatic rings. The van der Waals surface area contributed by atoms with Gasteiger partial charge in [-0.1, -0.05) is 0 Å². The number of rotatable bonds is 3. The number of benzene rings is 1. The van der Waals surface area contributed by atoms with E-state index in [1.165, 1.54) is 36.0 Å². The third kappa shape index (κ3) is 2.91. The first-order chi connectivity index (χ1) is 12.0. The maximum Gasteiger partial charge on any atom is 0.265 e. The lowest BCUT2D eigenvalue weighted by molar-refractivity contribution is -0.126. The van der Waals surface area contributed by atoms with Crippen LogP contribution in [0.3, 0.4) is 0 Å². The van der Waals surface area contributed by atoms with Gasteiger partial charge in [0.05, 0.1) is 12.1 Å². The molecule has 2 aromatic heterocycles. The van der Waals surface area contributed by atoms with Crippen molar-refractivity contribution in [3.63, 3.8) is 0 Å². The van der Waals surface area contributed by atoms with Gasteiger partial charge in [0.25, 0.3) is 5.91 Å². The van der Waals surface area contributed by atoms with Crippen LogP contribution in [0.1, 0.15) is 6.42 Å². The van der Waals surface area contributed by atoms with Crippen LogP contribution in [0.5, 0.6) is 0 Å². The largest absolute Gasteiger partial charge is 0.352 e. The van der Waals surface area contributed by atoms with Gasteiger partial charge in [-0.05, 0) is 12.1 Å². The van der Waals surface area contributed by atoms with Gasteiger partial charge in [-0.25, -0.2) is 23.7 Å². The number of alkyl halides is 1. The lowest BCUT2D eigenvalue weighted by Gasteiger charge is -2.21. The van der Waals surface area contributed by atoms with Crippen molar-refractivity contribution in [2.75, 3.05) is 23.3 Å². The van der Waals surface area contributed by atoms with E-state index in [1.807, 2.05) is 0 Å². The van der Waals surface area contributed by atoms with Crippen LogP contribution in [0.4, 0.5) is 19.7 Å². The number of fused-ring (bicyclic) bond motifs is 1. The number of amides is 1. The number of anilines is 2. The summed E-state index contributed by atoms with van der Waals surface area (Å²) < 4.78 is 28.5. The molecule has 1 aliphatic heterocycles. The maximum atomic E-state index is 15.1. The minimum atomic E-state index is -2.04. The first-order valence-corrected chi connectivity index (χ1v) is 8.48. The van der Waals surface area contributed by atoms with Crippen molar-refractivity contribution in [3.05, 3.63) is 41.9 Å². The van der Waals surface area contributed by atoms with Gasteiger partial charge in [0.15, 0.2) is 5.13 Å². The van der Waals surface area contributed by atoms with Crippen LogP contribution in [0.15, 0.2) is 36.1 Å². The highest BCUT2D eigenvalue weighted by molar-refractivity contribution is 7.13. The fourth-order valence-electron chi connectivity index (χ4n) is 2.90. The van der Waals surface area contributed by atoms with Crippen molar-refractivity contribution in [2.24, 2.45) is 0 Å². The van der Waals surface area contributed by atoms with E-state index in [0.29, 0.717) is 28.4 Å². The van der Waals surface area contributed by atoms with Crippen LogP contribution in [0.2, 0.25) is 0 Å². The lowest BCUT2D eigenvalue weighted by atomic mass is 10.1. The molecule has 128 valence electrons. The monoisotopic (exact) mass is 361 g/mol. The van der Waals surface area contributed by atoms with Gasteiger partial charge in [0, 0.05) is 36.0 Å². The Bertz CT molecular complexity index is 935. The van der Waals surface area contributed by atoms with Crippen molar-refractivity contribution in [2.45, 2.75) is 12.1 Å². The molecule has 0 saturated carbocycles. The Balaban J connectivity index is 1.59. The summed E-state index contributed by atoms with van der Waals surface area (Å²) in [5, 5.41) is 5.19. The zero-order chi connectivity index (χ0) is 17.4. The van der Waals surface area contributed by atoms with Crippen LogP contribution in [0.25, 0.3) is 10.9 Å². The number of nitrogens with zero attached hydrogens (tertiary/aromatic N) is 4.